The van der Waals surface area contributed by atoms with Crippen molar-refractivity contribution in [2.45, 2.75) is 19.3 Å². The fourth-order valence-corrected chi connectivity index (χ4v) is 3.20. The van der Waals surface area contributed by atoms with Crippen LogP contribution in [0.3, 0.4) is 0 Å². The van der Waals surface area contributed by atoms with Crippen LogP contribution in [0.5, 0.6) is 5.75 Å². The molecule has 0 saturated heterocycles. The zero-order valence-corrected chi connectivity index (χ0v) is 16.6. The second-order valence-corrected chi connectivity index (χ2v) is 7.14. The van der Waals surface area contributed by atoms with Crippen LogP contribution in [-0.2, 0) is 13.2 Å². The van der Waals surface area contributed by atoms with Gasteiger partial charge < -0.3 is 15.2 Å². The zero-order valence-electron chi connectivity index (χ0n) is 15.0. The molecule has 1 atom stereocenters. The van der Waals surface area contributed by atoms with E-state index in [-0.39, 0.29) is 6.61 Å². The summed E-state index contributed by atoms with van der Waals surface area (Å²) < 4.78 is 19.7. The largest absolute Gasteiger partial charge is 0.488 e. The molecule has 0 bridgehead atoms. The molecule has 3 aromatic rings. The van der Waals surface area contributed by atoms with E-state index >= 15 is 0 Å². The van der Waals surface area contributed by atoms with Crippen LogP contribution in [0, 0.1) is 5.82 Å². The van der Waals surface area contributed by atoms with Crippen molar-refractivity contribution < 1.29 is 14.2 Å². The lowest BCUT2D eigenvalue weighted by molar-refractivity contribution is 0.174. The summed E-state index contributed by atoms with van der Waals surface area (Å²) in [6, 6.07) is 19.2. The topological polar surface area (TPSA) is 41.5 Å². The van der Waals surface area contributed by atoms with E-state index in [0.717, 1.165) is 11.1 Å². The summed E-state index contributed by atoms with van der Waals surface area (Å²) in [6.45, 7) is 0.812. The number of halogens is 3. The Morgan fingerprint density at radius 2 is 1.79 bits per heavy atom. The Balaban J connectivity index is 1.64. The van der Waals surface area contributed by atoms with Crippen LogP contribution >= 0.6 is 23.2 Å². The third kappa shape index (κ3) is 5.46. The number of rotatable bonds is 8. The van der Waals surface area contributed by atoms with E-state index in [9.17, 15) is 9.50 Å². The Morgan fingerprint density at radius 1 is 1.00 bits per heavy atom. The number of aliphatic hydroxyl groups excluding tert-OH is 1. The van der Waals surface area contributed by atoms with Crippen molar-refractivity contribution in [3.63, 3.8) is 0 Å². The number of benzene rings is 3. The van der Waals surface area contributed by atoms with Crippen molar-refractivity contribution in [2.75, 3.05) is 6.54 Å². The smallest absolute Gasteiger partial charge is 0.131 e. The Kier molecular flexibility index (Phi) is 7.29. The van der Waals surface area contributed by atoms with Crippen molar-refractivity contribution in [2.24, 2.45) is 0 Å². The first-order valence-corrected chi connectivity index (χ1v) is 9.58. The normalized spacial score (nSPS) is 12.0. The maximum atomic E-state index is 13.9. The van der Waals surface area contributed by atoms with Crippen LogP contribution in [0.1, 0.15) is 22.8 Å². The molecule has 0 unspecified atom stereocenters. The quantitative estimate of drug-likeness (QED) is 0.503. The Hall–Kier alpha value is -2.11. The molecular formula is C22H20Cl2FNO2. The van der Waals surface area contributed by atoms with E-state index in [4.69, 9.17) is 27.9 Å². The van der Waals surface area contributed by atoms with Gasteiger partial charge in [0.25, 0.3) is 0 Å². The van der Waals surface area contributed by atoms with Crippen LogP contribution < -0.4 is 10.1 Å². The Morgan fingerprint density at radius 3 is 2.54 bits per heavy atom. The lowest BCUT2D eigenvalue weighted by atomic mass is 10.1. The first-order chi connectivity index (χ1) is 13.5. The molecule has 0 radical (unpaired) electrons. The van der Waals surface area contributed by atoms with E-state index in [1.807, 2.05) is 30.3 Å². The van der Waals surface area contributed by atoms with Gasteiger partial charge in [0.15, 0.2) is 0 Å². The second kappa shape index (κ2) is 9.89. The molecule has 146 valence electrons. The second-order valence-electron chi connectivity index (χ2n) is 6.30. The number of nitrogens with one attached hydrogen (secondary N) is 1. The van der Waals surface area contributed by atoms with Crippen molar-refractivity contribution in [3.05, 3.63) is 99.3 Å². The molecule has 0 amide bonds. The van der Waals surface area contributed by atoms with Gasteiger partial charge in [-0.05, 0) is 35.9 Å². The summed E-state index contributed by atoms with van der Waals surface area (Å²) in [5.41, 5.74) is 1.95. The zero-order chi connectivity index (χ0) is 19.9. The van der Waals surface area contributed by atoms with E-state index in [1.54, 1.807) is 30.3 Å². The maximum Gasteiger partial charge on any atom is 0.131 e. The van der Waals surface area contributed by atoms with E-state index < -0.39 is 11.9 Å². The molecule has 0 spiro atoms. The average Bonchev–Trinajstić information content (AvgIpc) is 2.69. The lowest BCUT2D eigenvalue weighted by Gasteiger charge is -2.15. The summed E-state index contributed by atoms with van der Waals surface area (Å²) in [6.07, 6.45) is -0.623. The van der Waals surface area contributed by atoms with Crippen molar-refractivity contribution >= 4 is 23.2 Å². The predicted molar refractivity (Wildman–Crippen MR) is 110 cm³/mol. The molecule has 3 rings (SSSR count). The van der Waals surface area contributed by atoms with E-state index in [1.165, 1.54) is 6.07 Å². The highest BCUT2D eigenvalue weighted by atomic mass is 35.5. The molecule has 0 fully saturated rings. The van der Waals surface area contributed by atoms with Gasteiger partial charge in [-0.2, -0.15) is 0 Å². The summed E-state index contributed by atoms with van der Waals surface area (Å²) in [4.78, 5) is 0. The van der Waals surface area contributed by atoms with Crippen LogP contribution in [0.2, 0.25) is 10.0 Å². The molecule has 6 heteroatoms. The van der Waals surface area contributed by atoms with Crippen LogP contribution in [-0.4, -0.2) is 11.7 Å². The van der Waals surface area contributed by atoms with Gasteiger partial charge in [0.2, 0.25) is 0 Å². The first-order valence-electron chi connectivity index (χ1n) is 8.82. The van der Waals surface area contributed by atoms with E-state index in [2.05, 4.69) is 5.32 Å². The maximum absolute atomic E-state index is 13.9. The molecule has 0 heterocycles. The van der Waals surface area contributed by atoms with Crippen LogP contribution in [0.15, 0.2) is 66.7 Å². The molecule has 3 aromatic carbocycles. The Bertz CT molecular complexity index is 901. The van der Waals surface area contributed by atoms with Gasteiger partial charge in [0, 0.05) is 29.2 Å². The lowest BCUT2D eigenvalue weighted by Crippen LogP contribution is -2.21. The van der Waals surface area contributed by atoms with Crippen LogP contribution in [0.25, 0.3) is 0 Å². The van der Waals surface area contributed by atoms with Crippen molar-refractivity contribution in [1.29, 1.82) is 0 Å². The fourth-order valence-electron chi connectivity index (χ4n) is 2.78. The van der Waals surface area contributed by atoms with Gasteiger partial charge in [-0.25, -0.2) is 4.39 Å². The predicted octanol–water partition coefficient (Wildman–Crippen LogP) is 5.53. The number of aliphatic hydroxyl groups is 1. The summed E-state index contributed by atoms with van der Waals surface area (Å²) in [7, 11) is 0. The third-order valence-corrected chi connectivity index (χ3v) is 4.88. The number of hydrogen-bond acceptors (Lipinski definition) is 3. The minimum atomic E-state index is -0.623. The fraction of sp³-hybridized carbons (Fsp3) is 0.182. The molecule has 28 heavy (non-hydrogen) atoms. The monoisotopic (exact) mass is 419 g/mol. The minimum absolute atomic E-state index is 0.00673. The molecule has 2 N–H and O–H groups in total. The highest BCUT2D eigenvalue weighted by Crippen LogP contribution is 2.26. The van der Waals surface area contributed by atoms with Gasteiger partial charge in [-0.3, -0.25) is 0 Å². The first kappa shape index (κ1) is 20.6. The summed E-state index contributed by atoms with van der Waals surface area (Å²) in [5.74, 6) is 0.164. The van der Waals surface area contributed by atoms with Gasteiger partial charge in [0.1, 0.15) is 18.2 Å². The highest BCUT2D eigenvalue weighted by Gasteiger charge is 2.11. The summed E-state index contributed by atoms with van der Waals surface area (Å²) >= 11 is 12.2. The minimum Gasteiger partial charge on any atom is -0.488 e. The van der Waals surface area contributed by atoms with E-state index in [0.29, 0.717) is 34.4 Å². The number of ether oxygens (including phenoxy) is 1. The van der Waals surface area contributed by atoms with Gasteiger partial charge >= 0.3 is 0 Å². The third-order valence-electron chi connectivity index (χ3n) is 4.29. The summed E-state index contributed by atoms with van der Waals surface area (Å²) in [5, 5.41) is 14.3. The van der Waals surface area contributed by atoms with Gasteiger partial charge in [-0.15, -0.1) is 0 Å². The number of hydrogen-bond donors (Lipinski definition) is 2. The van der Waals surface area contributed by atoms with Crippen molar-refractivity contribution in [3.8, 4) is 5.75 Å². The molecule has 0 aromatic heterocycles. The van der Waals surface area contributed by atoms with Gasteiger partial charge in [-0.1, -0.05) is 59.6 Å². The molecule has 0 aliphatic rings. The average molecular weight is 420 g/mol. The van der Waals surface area contributed by atoms with Crippen LogP contribution in [0.4, 0.5) is 4.39 Å². The molecule has 3 nitrogen and oxygen atoms in total. The Labute approximate surface area is 173 Å². The SMILES string of the molecule is O[C@@H](CNCc1cc(Cl)ccc1OCc1c(F)cccc1Cl)c1ccccc1. The molecule has 0 aliphatic heterocycles. The standard InChI is InChI=1S/C22H20Cl2FNO2/c23-17-9-10-22(28-14-18-19(24)7-4-8-20(18)25)16(11-17)12-26-13-21(27)15-5-2-1-3-6-15/h1-11,21,26-27H,12-14H2/t21-/m0/s1. The highest BCUT2D eigenvalue weighted by molar-refractivity contribution is 6.31. The molecule has 0 aliphatic carbocycles. The molecular weight excluding hydrogens is 400 g/mol. The molecule has 0 saturated carbocycles. The van der Waals surface area contributed by atoms with Gasteiger partial charge in [0.05, 0.1) is 11.1 Å². The van der Waals surface area contributed by atoms with Crippen molar-refractivity contribution in [1.82, 2.24) is 5.32 Å².